The van der Waals surface area contributed by atoms with Crippen molar-refractivity contribution >= 4 is 25.4 Å². The molecule has 0 aliphatic carbocycles. The quantitative estimate of drug-likeness (QED) is 0.591. The normalized spacial score (nSPS) is 14.6. The van der Waals surface area contributed by atoms with E-state index in [1.54, 1.807) is 0 Å². The number of aryl methyl sites for hydroxylation is 6. The molecule has 2 aromatic carbocycles. The second-order valence-electron chi connectivity index (χ2n) is 7.12. The van der Waals surface area contributed by atoms with E-state index in [9.17, 15) is 0 Å². The van der Waals surface area contributed by atoms with Crippen molar-refractivity contribution in [1.29, 1.82) is 0 Å². The van der Waals surface area contributed by atoms with Crippen LogP contribution in [0.15, 0.2) is 24.3 Å². The zero-order valence-corrected chi connectivity index (χ0v) is 18.3. The second-order valence-corrected chi connectivity index (χ2v) is 9.02. The van der Waals surface area contributed by atoms with Crippen molar-refractivity contribution in [3.8, 4) is 0 Å². The number of benzene rings is 2. The van der Waals surface area contributed by atoms with Crippen molar-refractivity contribution in [2.24, 2.45) is 0 Å². The molecule has 135 valence electrons. The maximum absolute atomic E-state index is 6.54. The third kappa shape index (κ3) is 3.42. The van der Waals surface area contributed by atoms with E-state index in [1.807, 2.05) is 0 Å². The van der Waals surface area contributed by atoms with Crippen LogP contribution in [0.4, 0.5) is 11.4 Å². The van der Waals surface area contributed by atoms with Crippen molar-refractivity contribution in [2.75, 3.05) is 22.9 Å². The van der Waals surface area contributed by atoms with E-state index in [2.05, 4.69) is 75.6 Å². The molecule has 0 atom stereocenters. The van der Waals surface area contributed by atoms with Gasteiger partial charge in [-0.1, -0.05) is 0 Å². The second kappa shape index (κ2) is 7.21. The van der Waals surface area contributed by atoms with Gasteiger partial charge in [0, 0.05) is 0 Å². The average Bonchev–Trinajstić information content (AvgIpc) is 2.88. The van der Waals surface area contributed by atoms with Gasteiger partial charge in [-0.3, -0.25) is 0 Å². The molecule has 0 saturated carbocycles. The van der Waals surface area contributed by atoms with Crippen molar-refractivity contribution in [3.63, 3.8) is 0 Å². The van der Waals surface area contributed by atoms with Crippen LogP contribution in [0.1, 0.15) is 33.4 Å². The molecule has 0 aromatic heterocycles. The Kier molecular flexibility index (Phi) is 5.37. The van der Waals surface area contributed by atoms with Gasteiger partial charge >= 0.3 is 163 Å². The zero-order valence-electron chi connectivity index (χ0n) is 15.8. The SMILES string of the molecule is Cc1cc(C)c(N2CCN(c3c(C)cc(C)cc3C)[C]2=[Ru][Cl])c(C)c1. The molecule has 4 heteroatoms. The Labute approximate surface area is 162 Å². The number of rotatable bonds is 2. The molecular formula is C21H26ClN2Ru. The minimum atomic E-state index is -0.360. The summed E-state index contributed by atoms with van der Waals surface area (Å²) in [5.74, 6) is 0. The molecule has 1 fully saturated rings. The third-order valence-electron chi connectivity index (χ3n) is 4.85. The molecule has 0 bridgehead atoms. The average molecular weight is 443 g/mol. The molecule has 1 aliphatic rings. The Morgan fingerprint density at radius 1 is 0.680 bits per heavy atom. The molecule has 1 aliphatic heterocycles. The van der Waals surface area contributed by atoms with Crippen LogP contribution in [0.3, 0.4) is 0 Å². The first kappa shape index (κ1) is 18.6. The molecule has 3 rings (SSSR count). The summed E-state index contributed by atoms with van der Waals surface area (Å²) < 4.78 is 1.28. The van der Waals surface area contributed by atoms with Crippen LogP contribution in [-0.4, -0.2) is 17.4 Å². The molecule has 2 nitrogen and oxygen atoms in total. The summed E-state index contributed by atoms with van der Waals surface area (Å²) in [6, 6.07) is 9.09. The van der Waals surface area contributed by atoms with Gasteiger partial charge in [0.1, 0.15) is 0 Å². The van der Waals surface area contributed by atoms with Gasteiger partial charge in [-0.15, -0.1) is 0 Å². The fourth-order valence-corrected chi connectivity index (χ4v) is 6.18. The Balaban J connectivity index is 2.07. The van der Waals surface area contributed by atoms with Crippen LogP contribution in [0.25, 0.3) is 0 Å². The number of anilines is 2. The monoisotopic (exact) mass is 443 g/mol. The van der Waals surface area contributed by atoms with Crippen LogP contribution < -0.4 is 9.80 Å². The summed E-state index contributed by atoms with van der Waals surface area (Å²) in [6.45, 7) is 15.2. The fraction of sp³-hybridized carbons (Fsp3) is 0.381. The first-order valence-corrected chi connectivity index (χ1v) is 11.8. The standard InChI is InChI=1S/C21H26N2.ClH.Ru/c1-14-9-16(3)20(17(4)10-14)22-7-8-23(13-22)21-18(5)11-15(2)12-19(21)6;;/h9-12H,7-8H2,1-6H3;1H;/q;;+1/p-1. The summed E-state index contributed by atoms with van der Waals surface area (Å²) in [5, 5.41) is 0. The predicted molar refractivity (Wildman–Crippen MR) is 107 cm³/mol. The first-order valence-electron chi connectivity index (χ1n) is 8.65. The van der Waals surface area contributed by atoms with E-state index in [0.717, 1.165) is 13.1 Å². The van der Waals surface area contributed by atoms with Gasteiger partial charge in [0.05, 0.1) is 0 Å². The summed E-state index contributed by atoms with van der Waals surface area (Å²) >= 11 is -0.360. The van der Waals surface area contributed by atoms with Crippen LogP contribution >= 0.6 is 9.69 Å². The van der Waals surface area contributed by atoms with Crippen LogP contribution in [0, 0.1) is 41.5 Å². The summed E-state index contributed by atoms with van der Waals surface area (Å²) in [4.78, 5) is 4.91. The summed E-state index contributed by atoms with van der Waals surface area (Å²) in [5.41, 5.74) is 10.6. The van der Waals surface area contributed by atoms with Crippen molar-refractivity contribution < 1.29 is 15.7 Å². The van der Waals surface area contributed by atoms with E-state index >= 15 is 0 Å². The summed E-state index contributed by atoms with van der Waals surface area (Å²) in [7, 11) is 6.54. The molecule has 1 saturated heterocycles. The molecule has 25 heavy (non-hydrogen) atoms. The first-order chi connectivity index (χ1) is 11.8. The van der Waals surface area contributed by atoms with Crippen molar-refractivity contribution in [3.05, 3.63) is 57.6 Å². The number of hydrogen-bond donors (Lipinski definition) is 0. The number of hydrogen-bond acceptors (Lipinski definition) is 2. The Morgan fingerprint density at radius 3 is 1.28 bits per heavy atom. The molecule has 0 spiro atoms. The van der Waals surface area contributed by atoms with Crippen LogP contribution in [0.5, 0.6) is 0 Å². The van der Waals surface area contributed by atoms with Gasteiger partial charge in [-0.25, -0.2) is 0 Å². The van der Waals surface area contributed by atoms with E-state index < -0.39 is 0 Å². The van der Waals surface area contributed by atoms with Gasteiger partial charge in [-0.05, 0) is 0 Å². The van der Waals surface area contributed by atoms with Crippen LogP contribution in [0.2, 0.25) is 0 Å². The topological polar surface area (TPSA) is 6.48 Å². The van der Waals surface area contributed by atoms with Gasteiger partial charge in [0.2, 0.25) is 0 Å². The number of nitrogens with zero attached hydrogens (tertiary/aromatic N) is 2. The molecule has 0 N–H and O–H groups in total. The Hall–Kier alpha value is -1.18. The van der Waals surface area contributed by atoms with E-state index in [-0.39, 0.29) is 15.7 Å². The molecule has 0 radical (unpaired) electrons. The fourth-order valence-electron chi connectivity index (χ4n) is 4.20. The minimum absolute atomic E-state index is 0.360. The van der Waals surface area contributed by atoms with E-state index in [1.165, 1.54) is 49.1 Å². The van der Waals surface area contributed by atoms with E-state index in [0.29, 0.717) is 0 Å². The Morgan fingerprint density at radius 2 is 1.00 bits per heavy atom. The van der Waals surface area contributed by atoms with Crippen molar-refractivity contribution in [1.82, 2.24) is 0 Å². The zero-order chi connectivity index (χ0) is 18.3. The summed E-state index contributed by atoms with van der Waals surface area (Å²) in [6.07, 6.45) is 0. The molecule has 2 aromatic rings. The third-order valence-corrected chi connectivity index (χ3v) is 6.79. The van der Waals surface area contributed by atoms with Crippen molar-refractivity contribution in [2.45, 2.75) is 41.5 Å². The molecule has 1 heterocycles. The maximum atomic E-state index is 6.54. The Bertz CT molecular complexity index is 743. The van der Waals surface area contributed by atoms with Gasteiger partial charge in [0.25, 0.3) is 0 Å². The molecular weight excluding hydrogens is 417 g/mol. The molecule has 0 unspecified atom stereocenters. The van der Waals surface area contributed by atoms with Gasteiger partial charge in [0.15, 0.2) is 0 Å². The molecule has 0 amide bonds. The van der Waals surface area contributed by atoms with Gasteiger partial charge < -0.3 is 0 Å². The number of halogens is 1. The van der Waals surface area contributed by atoms with Crippen LogP contribution in [-0.2, 0) is 15.7 Å². The predicted octanol–water partition coefficient (Wildman–Crippen LogP) is 5.19. The van der Waals surface area contributed by atoms with Gasteiger partial charge in [-0.2, -0.15) is 0 Å². The van der Waals surface area contributed by atoms with E-state index in [4.69, 9.17) is 9.69 Å².